The molecular weight excluding hydrogens is 326 g/mol. The zero-order valence-electron chi connectivity index (χ0n) is 9.90. The lowest BCUT2D eigenvalue weighted by Crippen LogP contribution is -2.13. The first-order valence-electron chi connectivity index (χ1n) is 5.32. The van der Waals surface area contributed by atoms with Crippen LogP contribution < -0.4 is 10.5 Å². The Bertz CT molecular complexity index is 766. The quantitative estimate of drug-likeness (QED) is 0.843. The molecule has 0 bridgehead atoms. The molecule has 0 heterocycles. The van der Waals surface area contributed by atoms with Crippen LogP contribution in [-0.4, -0.2) is 8.42 Å². The van der Waals surface area contributed by atoms with E-state index in [-0.39, 0.29) is 26.3 Å². The van der Waals surface area contributed by atoms with Crippen LogP contribution in [0.2, 0.25) is 10.0 Å². The van der Waals surface area contributed by atoms with E-state index in [2.05, 4.69) is 4.72 Å². The number of nitrogens with one attached hydrogen (secondary N) is 1. The Kier molecular flexibility index (Phi) is 4.08. The van der Waals surface area contributed by atoms with Gasteiger partial charge in [-0.3, -0.25) is 4.72 Å². The Labute approximate surface area is 125 Å². The molecule has 0 atom stereocenters. The van der Waals surface area contributed by atoms with Crippen LogP contribution in [0, 0.1) is 5.82 Å². The van der Waals surface area contributed by atoms with Gasteiger partial charge in [-0.25, -0.2) is 12.8 Å². The van der Waals surface area contributed by atoms with Gasteiger partial charge in [0.05, 0.1) is 26.3 Å². The second-order valence-corrected chi connectivity index (χ2v) is 6.41. The first-order chi connectivity index (χ1) is 9.29. The average molecular weight is 335 g/mol. The maximum atomic E-state index is 13.3. The molecule has 2 rings (SSSR count). The van der Waals surface area contributed by atoms with Gasteiger partial charge in [0.1, 0.15) is 5.82 Å². The fourth-order valence-electron chi connectivity index (χ4n) is 1.46. The van der Waals surface area contributed by atoms with Gasteiger partial charge in [-0.15, -0.1) is 0 Å². The molecule has 2 aromatic carbocycles. The fraction of sp³-hybridized carbons (Fsp3) is 0. The molecule has 0 amide bonds. The second-order valence-electron chi connectivity index (χ2n) is 3.92. The molecule has 2 aromatic rings. The molecule has 8 heteroatoms. The van der Waals surface area contributed by atoms with Crippen LogP contribution in [0.5, 0.6) is 0 Å². The maximum Gasteiger partial charge on any atom is 0.261 e. The normalized spacial score (nSPS) is 11.3. The number of benzene rings is 2. The Balaban J connectivity index is 2.35. The highest BCUT2D eigenvalue weighted by molar-refractivity contribution is 7.92. The summed E-state index contributed by atoms with van der Waals surface area (Å²) in [7, 11) is -3.88. The number of anilines is 2. The molecule has 0 aliphatic heterocycles. The van der Waals surface area contributed by atoms with Crippen molar-refractivity contribution in [2.24, 2.45) is 0 Å². The average Bonchev–Trinajstić information content (AvgIpc) is 2.37. The summed E-state index contributed by atoms with van der Waals surface area (Å²) in [5.74, 6) is -0.720. The zero-order valence-corrected chi connectivity index (χ0v) is 12.2. The fourth-order valence-corrected chi connectivity index (χ4v) is 2.78. The van der Waals surface area contributed by atoms with Crippen LogP contribution in [0.3, 0.4) is 0 Å². The zero-order chi connectivity index (χ0) is 14.9. The first-order valence-corrected chi connectivity index (χ1v) is 7.56. The first kappa shape index (κ1) is 14.9. The van der Waals surface area contributed by atoms with Crippen molar-refractivity contribution in [3.05, 3.63) is 52.3 Å². The van der Waals surface area contributed by atoms with Crippen molar-refractivity contribution >= 4 is 44.6 Å². The molecule has 4 nitrogen and oxygen atoms in total. The van der Waals surface area contributed by atoms with Crippen LogP contribution in [0.4, 0.5) is 15.8 Å². The molecule has 0 radical (unpaired) electrons. The molecule has 0 aliphatic rings. The molecule has 0 unspecified atom stereocenters. The van der Waals surface area contributed by atoms with Crippen molar-refractivity contribution in [3.8, 4) is 0 Å². The summed E-state index contributed by atoms with van der Waals surface area (Å²) in [6, 6.07) is 7.48. The van der Waals surface area contributed by atoms with Crippen LogP contribution in [0.25, 0.3) is 0 Å². The van der Waals surface area contributed by atoms with Crippen LogP contribution in [0.15, 0.2) is 41.3 Å². The summed E-state index contributed by atoms with van der Waals surface area (Å²) >= 11 is 11.2. The van der Waals surface area contributed by atoms with E-state index in [9.17, 15) is 12.8 Å². The molecule has 0 fully saturated rings. The molecule has 0 aliphatic carbocycles. The lowest BCUT2D eigenvalue weighted by Gasteiger charge is -2.09. The van der Waals surface area contributed by atoms with Gasteiger partial charge in [0.15, 0.2) is 0 Å². The number of nitrogen functional groups attached to an aromatic ring is 1. The van der Waals surface area contributed by atoms with Gasteiger partial charge >= 0.3 is 0 Å². The predicted molar refractivity (Wildman–Crippen MR) is 78.1 cm³/mol. The minimum Gasteiger partial charge on any atom is -0.397 e. The lowest BCUT2D eigenvalue weighted by atomic mass is 10.3. The van der Waals surface area contributed by atoms with Gasteiger partial charge < -0.3 is 5.73 Å². The van der Waals surface area contributed by atoms with Crippen molar-refractivity contribution in [2.45, 2.75) is 4.90 Å². The van der Waals surface area contributed by atoms with Crippen molar-refractivity contribution in [3.63, 3.8) is 0 Å². The van der Waals surface area contributed by atoms with Crippen molar-refractivity contribution in [1.29, 1.82) is 0 Å². The SMILES string of the molecule is Nc1cc(S(=O)(=O)Nc2ccc(Cl)c(F)c2)ccc1Cl. The van der Waals surface area contributed by atoms with E-state index in [0.717, 1.165) is 6.07 Å². The molecule has 0 saturated carbocycles. The molecule has 20 heavy (non-hydrogen) atoms. The Morgan fingerprint density at radius 3 is 2.30 bits per heavy atom. The van der Waals surface area contributed by atoms with Crippen LogP contribution in [0.1, 0.15) is 0 Å². The molecule has 0 spiro atoms. The molecular formula is C12H9Cl2FN2O2S. The van der Waals surface area contributed by atoms with E-state index < -0.39 is 15.8 Å². The van der Waals surface area contributed by atoms with Crippen molar-refractivity contribution in [1.82, 2.24) is 0 Å². The smallest absolute Gasteiger partial charge is 0.261 e. The van der Waals surface area contributed by atoms with E-state index >= 15 is 0 Å². The van der Waals surface area contributed by atoms with Crippen LogP contribution in [-0.2, 0) is 10.0 Å². The number of rotatable bonds is 3. The molecule has 106 valence electrons. The van der Waals surface area contributed by atoms with Gasteiger partial charge in [0, 0.05) is 0 Å². The minimum atomic E-state index is -3.88. The monoisotopic (exact) mass is 334 g/mol. The second kappa shape index (κ2) is 5.47. The summed E-state index contributed by atoms with van der Waals surface area (Å²) in [6.07, 6.45) is 0. The van der Waals surface area contributed by atoms with Crippen LogP contribution >= 0.6 is 23.2 Å². The summed E-state index contributed by atoms with van der Waals surface area (Å²) in [5.41, 5.74) is 5.74. The van der Waals surface area contributed by atoms with E-state index in [4.69, 9.17) is 28.9 Å². The number of nitrogens with two attached hydrogens (primary N) is 1. The van der Waals surface area contributed by atoms with Gasteiger partial charge in [-0.05, 0) is 36.4 Å². The number of hydrogen-bond donors (Lipinski definition) is 2. The number of hydrogen-bond acceptors (Lipinski definition) is 3. The maximum absolute atomic E-state index is 13.3. The third-order valence-electron chi connectivity index (χ3n) is 2.45. The third-order valence-corrected chi connectivity index (χ3v) is 4.48. The van der Waals surface area contributed by atoms with Gasteiger partial charge in [-0.2, -0.15) is 0 Å². The van der Waals surface area contributed by atoms with Crippen molar-refractivity contribution < 1.29 is 12.8 Å². The summed E-state index contributed by atoms with van der Waals surface area (Å²) < 4.78 is 39.7. The number of sulfonamides is 1. The Morgan fingerprint density at radius 2 is 1.70 bits per heavy atom. The summed E-state index contributed by atoms with van der Waals surface area (Å²) in [5, 5.41) is 0.158. The molecule has 0 aromatic heterocycles. The van der Waals surface area contributed by atoms with Gasteiger partial charge in [0.25, 0.3) is 10.0 Å². The highest BCUT2D eigenvalue weighted by Gasteiger charge is 2.16. The van der Waals surface area contributed by atoms with Crippen molar-refractivity contribution in [2.75, 3.05) is 10.5 Å². The topological polar surface area (TPSA) is 72.2 Å². The molecule has 3 N–H and O–H groups in total. The largest absolute Gasteiger partial charge is 0.397 e. The predicted octanol–water partition coefficient (Wildman–Crippen LogP) is 3.52. The minimum absolute atomic E-state index is 0.0559. The summed E-state index contributed by atoms with van der Waals surface area (Å²) in [4.78, 5) is -0.0743. The lowest BCUT2D eigenvalue weighted by molar-refractivity contribution is 0.601. The van der Waals surface area contributed by atoms with E-state index in [1.807, 2.05) is 0 Å². The standard InChI is InChI=1S/C12H9Cl2FN2O2S/c13-9-3-1-7(5-11(9)15)17-20(18,19)8-2-4-10(14)12(16)6-8/h1-6,17H,16H2. The van der Waals surface area contributed by atoms with E-state index in [1.54, 1.807) is 0 Å². The Morgan fingerprint density at radius 1 is 1.05 bits per heavy atom. The highest BCUT2D eigenvalue weighted by atomic mass is 35.5. The van der Waals surface area contributed by atoms with E-state index in [0.29, 0.717) is 0 Å². The Hall–Kier alpha value is -1.50. The highest BCUT2D eigenvalue weighted by Crippen LogP contribution is 2.25. The number of halogens is 3. The third kappa shape index (κ3) is 3.15. The van der Waals surface area contributed by atoms with E-state index in [1.165, 1.54) is 30.3 Å². The summed E-state index contributed by atoms with van der Waals surface area (Å²) in [6.45, 7) is 0. The van der Waals surface area contributed by atoms with Gasteiger partial charge in [-0.1, -0.05) is 23.2 Å². The molecule has 0 saturated heterocycles. The van der Waals surface area contributed by atoms with Gasteiger partial charge in [0.2, 0.25) is 0 Å².